The third-order valence-corrected chi connectivity index (χ3v) is 7.11. The molecule has 2 aliphatic rings. The maximum Gasteiger partial charge on any atom is 0.586 e. The van der Waals surface area contributed by atoms with E-state index in [4.69, 9.17) is 9.97 Å². The molecule has 188 valence electrons. The average molecular weight is 503 g/mol. The Morgan fingerprint density at radius 2 is 1.95 bits per heavy atom. The molecule has 37 heavy (non-hydrogen) atoms. The van der Waals surface area contributed by atoms with Crippen molar-refractivity contribution >= 4 is 22.5 Å². The van der Waals surface area contributed by atoms with Gasteiger partial charge in [-0.3, -0.25) is 0 Å². The second-order valence-electron chi connectivity index (χ2n) is 9.90. The molecule has 0 amide bonds. The van der Waals surface area contributed by atoms with Gasteiger partial charge in [0.1, 0.15) is 0 Å². The zero-order chi connectivity index (χ0) is 25.3. The fourth-order valence-electron chi connectivity index (χ4n) is 5.29. The Morgan fingerprint density at radius 1 is 1.11 bits per heavy atom. The second kappa shape index (κ2) is 7.89. The highest BCUT2D eigenvalue weighted by Gasteiger charge is 2.43. The number of aromatic amines is 1. The van der Waals surface area contributed by atoms with Crippen LogP contribution in [0.3, 0.4) is 0 Å². The molecule has 5 aromatic rings. The zero-order valence-corrected chi connectivity index (χ0v) is 20.3. The van der Waals surface area contributed by atoms with Crippen LogP contribution in [-0.4, -0.2) is 36.9 Å². The number of rotatable bonds is 4. The summed E-state index contributed by atoms with van der Waals surface area (Å²) >= 11 is 0. The lowest BCUT2D eigenvalue weighted by Crippen LogP contribution is -2.29. The van der Waals surface area contributed by atoms with Crippen LogP contribution in [0, 0.1) is 0 Å². The molecule has 10 heteroatoms. The van der Waals surface area contributed by atoms with E-state index in [1.54, 1.807) is 10.6 Å². The molecule has 4 heterocycles. The van der Waals surface area contributed by atoms with Crippen molar-refractivity contribution in [1.29, 1.82) is 0 Å². The molecule has 1 atom stereocenters. The first-order valence-electron chi connectivity index (χ1n) is 12.4. The van der Waals surface area contributed by atoms with Crippen molar-refractivity contribution < 1.29 is 18.3 Å². The molecule has 0 bridgehead atoms. The lowest BCUT2D eigenvalue weighted by molar-refractivity contribution is -0.286. The molecule has 1 aliphatic carbocycles. The number of aryl methyl sites for hydroxylation is 1. The van der Waals surface area contributed by atoms with E-state index in [-0.39, 0.29) is 23.5 Å². The van der Waals surface area contributed by atoms with Gasteiger partial charge in [0.2, 0.25) is 5.95 Å². The van der Waals surface area contributed by atoms with Crippen molar-refractivity contribution in [2.45, 2.75) is 51.4 Å². The number of halogens is 2. The summed E-state index contributed by atoms with van der Waals surface area (Å²) in [5.41, 5.74) is 5.96. The normalized spacial score (nSPS) is 18.0. The number of nitrogens with zero attached hydrogens (tertiary/aromatic N) is 4. The second-order valence-corrected chi connectivity index (χ2v) is 9.90. The first-order valence-corrected chi connectivity index (χ1v) is 12.4. The Morgan fingerprint density at radius 3 is 2.81 bits per heavy atom. The number of hydrogen-bond donors (Lipinski definition) is 2. The molecule has 0 saturated carbocycles. The minimum absolute atomic E-state index is 0.0165. The van der Waals surface area contributed by atoms with Gasteiger partial charge in [-0.15, -0.1) is 8.78 Å². The van der Waals surface area contributed by atoms with E-state index >= 15 is 0 Å². The Balaban J connectivity index is 1.28. The molecule has 0 fully saturated rings. The van der Waals surface area contributed by atoms with Crippen LogP contribution in [0.15, 0.2) is 48.7 Å². The Hall–Kier alpha value is -4.21. The third-order valence-electron chi connectivity index (χ3n) is 7.11. The van der Waals surface area contributed by atoms with Crippen LogP contribution in [0.1, 0.15) is 43.0 Å². The maximum atomic E-state index is 13.6. The standard InChI is InChI=1S/C27H24F2N6O2/c1-14(2)19-13-30-35-25(19)33-24(15-7-10-22-23(11-15)37-27(28,29)36-22)34-26(35)31-16-8-9-21-18(12-16)17-5-3-4-6-20(17)32-21/h3-7,10-11,13-14,16,32H,8-9,12H2,1-2H3,(H,31,33,34). The lowest BCUT2D eigenvalue weighted by atomic mass is 9.91. The zero-order valence-electron chi connectivity index (χ0n) is 20.3. The number of nitrogens with one attached hydrogen (secondary N) is 2. The molecule has 2 N–H and O–H groups in total. The molecular formula is C27H24F2N6O2. The van der Waals surface area contributed by atoms with Gasteiger partial charge in [-0.25, -0.2) is 4.98 Å². The van der Waals surface area contributed by atoms with Crippen LogP contribution >= 0.6 is 0 Å². The predicted octanol–water partition coefficient (Wildman–Crippen LogP) is 5.69. The number of fused-ring (bicyclic) bond motifs is 5. The Bertz CT molecular complexity index is 1670. The van der Waals surface area contributed by atoms with Crippen molar-refractivity contribution in [3.05, 3.63) is 65.5 Å². The molecule has 3 aromatic heterocycles. The summed E-state index contributed by atoms with van der Waals surface area (Å²) in [7, 11) is 0. The maximum absolute atomic E-state index is 13.6. The summed E-state index contributed by atoms with van der Waals surface area (Å²) < 4.78 is 38.1. The van der Waals surface area contributed by atoms with Crippen LogP contribution in [0.4, 0.5) is 14.7 Å². The first kappa shape index (κ1) is 22.0. The van der Waals surface area contributed by atoms with E-state index in [1.807, 2.05) is 12.3 Å². The molecule has 0 spiro atoms. The summed E-state index contributed by atoms with van der Waals surface area (Å²) in [5.74, 6) is 1.08. The Labute approximate surface area is 210 Å². The molecule has 8 nitrogen and oxygen atoms in total. The van der Waals surface area contributed by atoms with E-state index < -0.39 is 6.29 Å². The number of para-hydroxylation sites is 1. The summed E-state index contributed by atoms with van der Waals surface area (Å²) in [6.45, 7) is 4.16. The highest BCUT2D eigenvalue weighted by molar-refractivity contribution is 5.85. The van der Waals surface area contributed by atoms with Gasteiger partial charge >= 0.3 is 6.29 Å². The monoisotopic (exact) mass is 502 g/mol. The van der Waals surface area contributed by atoms with Crippen LogP contribution in [0.25, 0.3) is 27.9 Å². The van der Waals surface area contributed by atoms with Gasteiger partial charge in [0, 0.05) is 33.8 Å². The number of ether oxygens (including phenoxy) is 2. The smallest absolute Gasteiger partial charge is 0.395 e. The van der Waals surface area contributed by atoms with Crippen LogP contribution in [0.2, 0.25) is 0 Å². The first-order chi connectivity index (χ1) is 17.8. The molecule has 1 unspecified atom stereocenters. The quantitative estimate of drug-likeness (QED) is 0.328. The summed E-state index contributed by atoms with van der Waals surface area (Å²) in [4.78, 5) is 13.1. The summed E-state index contributed by atoms with van der Waals surface area (Å²) in [6, 6.07) is 13.1. The van der Waals surface area contributed by atoms with Crippen molar-refractivity contribution in [3.8, 4) is 22.9 Å². The van der Waals surface area contributed by atoms with Crippen molar-refractivity contribution in [3.63, 3.8) is 0 Å². The van der Waals surface area contributed by atoms with Crippen molar-refractivity contribution in [2.75, 3.05) is 5.32 Å². The number of anilines is 1. The fourth-order valence-corrected chi connectivity index (χ4v) is 5.29. The van der Waals surface area contributed by atoms with Gasteiger partial charge < -0.3 is 19.8 Å². The van der Waals surface area contributed by atoms with Gasteiger partial charge in [0.15, 0.2) is 23.0 Å². The van der Waals surface area contributed by atoms with Gasteiger partial charge in [0.25, 0.3) is 0 Å². The summed E-state index contributed by atoms with van der Waals surface area (Å²) in [6.07, 6.45) is 0.824. The highest BCUT2D eigenvalue weighted by atomic mass is 19.3. The lowest BCUT2D eigenvalue weighted by Gasteiger charge is -2.24. The molecule has 0 radical (unpaired) electrons. The number of alkyl halides is 2. The van der Waals surface area contributed by atoms with E-state index in [0.717, 1.165) is 30.3 Å². The minimum Gasteiger partial charge on any atom is -0.395 e. The van der Waals surface area contributed by atoms with Crippen LogP contribution in [0.5, 0.6) is 11.5 Å². The average Bonchev–Trinajstić information content (AvgIpc) is 3.55. The summed E-state index contributed by atoms with van der Waals surface area (Å²) in [5, 5.41) is 9.43. The predicted molar refractivity (Wildman–Crippen MR) is 134 cm³/mol. The van der Waals surface area contributed by atoms with Crippen molar-refractivity contribution in [2.24, 2.45) is 0 Å². The van der Waals surface area contributed by atoms with E-state index in [9.17, 15) is 8.78 Å². The third kappa shape index (κ3) is 3.66. The van der Waals surface area contributed by atoms with Crippen LogP contribution < -0.4 is 14.8 Å². The van der Waals surface area contributed by atoms with Gasteiger partial charge in [-0.2, -0.15) is 14.6 Å². The minimum atomic E-state index is -3.68. The Kier molecular flexibility index (Phi) is 4.70. The molecular weight excluding hydrogens is 478 g/mol. The molecule has 0 saturated heterocycles. The van der Waals surface area contributed by atoms with E-state index in [2.05, 4.69) is 56.9 Å². The van der Waals surface area contributed by atoms with Crippen LogP contribution in [-0.2, 0) is 12.8 Å². The van der Waals surface area contributed by atoms with E-state index in [0.29, 0.717) is 23.0 Å². The molecule has 1 aliphatic heterocycles. The van der Waals surface area contributed by atoms with Crippen molar-refractivity contribution in [1.82, 2.24) is 24.6 Å². The fraction of sp³-hybridized carbons (Fsp3) is 0.296. The number of aromatic nitrogens is 5. The highest BCUT2D eigenvalue weighted by Crippen LogP contribution is 2.42. The van der Waals surface area contributed by atoms with Gasteiger partial charge in [-0.1, -0.05) is 32.0 Å². The largest absolute Gasteiger partial charge is 0.586 e. The number of hydrogen-bond acceptors (Lipinski definition) is 6. The van der Waals surface area contributed by atoms with Gasteiger partial charge in [-0.05, 0) is 55.0 Å². The SMILES string of the molecule is CC(C)c1cnn2c(NC3CCc4[nH]c5ccccc5c4C3)nc(-c3ccc4c(c3)OC(F)(F)O4)nc12. The number of H-pyrrole nitrogens is 1. The van der Waals surface area contributed by atoms with Gasteiger partial charge in [0.05, 0.1) is 6.20 Å². The number of benzene rings is 2. The molecule has 2 aromatic carbocycles. The van der Waals surface area contributed by atoms with E-state index in [1.165, 1.54) is 28.8 Å². The molecule has 7 rings (SSSR count). The topological polar surface area (TPSA) is 89.4 Å².